The van der Waals surface area contributed by atoms with Crippen LogP contribution in [0.4, 0.5) is 36.2 Å². The van der Waals surface area contributed by atoms with Gasteiger partial charge in [-0.3, -0.25) is 10.1 Å². The molecule has 0 spiro atoms. The first kappa shape index (κ1) is 21.6. The van der Waals surface area contributed by atoms with E-state index in [0.717, 1.165) is 24.0 Å². The standard InChI is InChI=1S/C18H12Cl2F3N5O2/c19-11-3-1-10(2-4-11)8-24-16-15(28(29)30)17(26-9-25-16)27-12-5-6-14(20)13(7-12)18(21,22)23/h1-7,9H,8H2,(H2,24,25,26,27). The van der Waals surface area contributed by atoms with E-state index in [4.69, 9.17) is 23.2 Å². The molecule has 0 saturated carbocycles. The fourth-order valence-electron chi connectivity index (χ4n) is 2.52. The maximum absolute atomic E-state index is 13.1. The lowest BCUT2D eigenvalue weighted by molar-refractivity contribution is -0.383. The molecular formula is C18H12Cl2F3N5O2. The Kier molecular flexibility index (Phi) is 6.28. The summed E-state index contributed by atoms with van der Waals surface area (Å²) < 4.78 is 39.2. The summed E-state index contributed by atoms with van der Waals surface area (Å²) in [6.07, 6.45) is -3.63. The van der Waals surface area contributed by atoms with E-state index in [1.165, 1.54) is 6.07 Å². The van der Waals surface area contributed by atoms with Crippen LogP contribution in [0.1, 0.15) is 11.1 Å². The highest BCUT2D eigenvalue weighted by molar-refractivity contribution is 6.31. The van der Waals surface area contributed by atoms with Crippen molar-refractivity contribution in [3.05, 3.63) is 80.1 Å². The summed E-state index contributed by atoms with van der Waals surface area (Å²) in [6.45, 7) is 0.202. The molecule has 3 aromatic rings. The minimum Gasteiger partial charge on any atom is -0.360 e. The molecule has 12 heteroatoms. The van der Waals surface area contributed by atoms with Gasteiger partial charge in [0.1, 0.15) is 6.33 Å². The number of aromatic nitrogens is 2. The molecule has 0 amide bonds. The van der Waals surface area contributed by atoms with Crippen molar-refractivity contribution in [2.24, 2.45) is 0 Å². The summed E-state index contributed by atoms with van der Waals surface area (Å²) >= 11 is 11.4. The minimum absolute atomic E-state index is 0.0721. The van der Waals surface area contributed by atoms with Crippen molar-refractivity contribution in [2.45, 2.75) is 12.7 Å². The van der Waals surface area contributed by atoms with Crippen LogP contribution in [0, 0.1) is 10.1 Å². The summed E-state index contributed by atoms with van der Waals surface area (Å²) in [6, 6.07) is 9.83. The maximum atomic E-state index is 13.1. The number of nitro groups is 1. The van der Waals surface area contributed by atoms with Gasteiger partial charge >= 0.3 is 11.9 Å². The third-order valence-corrected chi connectivity index (χ3v) is 4.49. The Morgan fingerprint density at radius 2 is 1.70 bits per heavy atom. The lowest BCUT2D eigenvalue weighted by Crippen LogP contribution is -2.09. The van der Waals surface area contributed by atoms with Crippen molar-refractivity contribution in [1.29, 1.82) is 0 Å². The smallest absolute Gasteiger partial charge is 0.360 e. The third-order valence-electron chi connectivity index (χ3n) is 3.91. The zero-order valence-electron chi connectivity index (χ0n) is 14.9. The third kappa shape index (κ3) is 5.08. The van der Waals surface area contributed by atoms with E-state index in [2.05, 4.69) is 20.6 Å². The van der Waals surface area contributed by atoms with Gasteiger partial charge in [-0.15, -0.1) is 0 Å². The molecule has 156 valence electrons. The predicted octanol–water partition coefficient (Wildman–Crippen LogP) is 6.07. The molecule has 30 heavy (non-hydrogen) atoms. The molecule has 0 atom stereocenters. The number of hydrogen-bond donors (Lipinski definition) is 2. The van der Waals surface area contributed by atoms with Gasteiger partial charge in [0.05, 0.1) is 15.5 Å². The van der Waals surface area contributed by atoms with Crippen LogP contribution in [0.5, 0.6) is 0 Å². The van der Waals surface area contributed by atoms with Gasteiger partial charge in [-0.1, -0.05) is 35.3 Å². The number of benzene rings is 2. The number of nitrogens with one attached hydrogen (secondary N) is 2. The molecule has 0 saturated heterocycles. The van der Waals surface area contributed by atoms with Crippen molar-refractivity contribution < 1.29 is 18.1 Å². The van der Waals surface area contributed by atoms with Crippen LogP contribution in [0.15, 0.2) is 48.8 Å². The van der Waals surface area contributed by atoms with Gasteiger partial charge in [-0.2, -0.15) is 13.2 Å². The number of rotatable bonds is 6. The molecular weight excluding hydrogens is 446 g/mol. The van der Waals surface area contributed by atoms with Crippen molar-refractivity contribution >= 4 is 46.2 Å². The Morgan fingerprint density at radius 3 is 2.33 bits per heavy atom. The van der Waals surface area contributed by atoms with Gasteiger partial charge in [0.15, 0.2) is 0 Å². The minimum atomic E-state index is -4.68. The van der Waals surface area contributed by atoms with E-state index >= 15 is 0 Å². The Labute approximate surface area is 178 Å². The second-order valence-corrected chi connectivity index (χ2v) is 6.82. The molecule has 0 aliphatic carbocycles. The molecule has 0 fully saturated rings. The van der Waals surface area contributed by atoms with Crippen LogP contribution in [-0.4, -0.2) is 14.9 Å². The zero-order chi connectivity index (χ0) is 21.9. The molecule has 2 N–H and O–H groups in total. The first-order valence-corrected chi connectivity index (χ1v) is 9.02. The Morgan fingerprint density at radius 1 is 1.03 bits per heavy atom. The second kappa shape index (κ2) is 8.72. The van der Waals surface area contributed by atoms with Crippen LogP contribution >= 0.6 is 23.2 Å². The van der Waals surface area contributed by atoms with Crippen LogP contribution in [0.3, 0.4) is 0 Å². The van der Waals surface area contributed by atoms with Crippen LogP contribution in [0.2, 0.25) is 10.0 Å². The van der Waals surface area contributed by atoms with Gasteiger partial charge in [0.25, 0.3) is 0 Å². The maximum Gasteiger partial charge on any atom is 0.417 e. The number of anilines is 3. The number of hydrogen-bond acceptors (Lipinski definition) is 6. The van der Waals surface area contributed by atoms with Gasteiger partial charge in [-0.25, -0.2) is 9.97 Å². The van der Waals surface area contributed by atoms with Crippen LogP contribution in [-0.2, 0) is 12.7 Å². The van der Waals surface area contributed by atoms with Crippen LogP contribution < -0.4 is 10.6 Å². The molecule has 0 unspecified atom stereocenters. The van der Waals surface area contributed by atoms with Gasteiger partial charge < -0.3 is 10.6 Å². The van der Waals surface area contributed by atoms with Gasteiger partial charge in [0.2, 0.25) is 11.6 Å². The monoisotopic (exact) mass is 457 g/mol. The molecule has 2 aromatic carbocycles. The Balaban J connectivity index is 1.89. The molecule has 3 rings (SSSR count). The van der Waals surface area contributed by atoms with Gasteiger partial charge in [-0.05, 0) is 35.9 Å². The van der Waals surface area contributed by atoms with E-state index in [9.17, 15) is 23.3 Å². The van der Waals surface area contributed by atoms with E-state index in [0.29, 0.717) is 5.02 Å². The number of halogens is 5. The molecule has 7 nitrogen and oxygen atoms in total. The van der Waals surface area contributed by atoms with Crippen molar-refractivity contribution in [3.8, 4) is 0 Å². The fourth-order valence-corrected chi connectivity index (χ4v) is 2.87. The van der Waals surface area contributed by atoms with E-state index < -0.39 is 27.4 Å². The largest absolute Gasteiger partial charge is 0.417 e. The summed E-state index contributed by atoms with van der Waals surface area (Å²) in [5.74, 6) is -0.374. The fraction of sp³-hybridized carbons (Fsp3) is 0.111. The summed E-state index contributed by atoms with van der Waals surface area (Å²) in [7, 11) is 0. The molecule has 1 heterocycles. The lowest BCUT2D eigenvalue weighted by Gasteiger charge is -2.13. The molecule has 1 aromatic heterocycles. The summed E-state index contributed by atoms with van der Waals surface area (Å²) in [5, 5.41) is 17.0. The van der Waals surface area contributed by atoms with Crippen molar-refractivity contribution in [1.82, 2.24) is 9.97 Å². The molecule has 0 aliphatic rings. The number of alkyl halides is 3. The molecule has 0 aliphatic heterocycles. The molecule has 0 radical (unpaired) electrons. The quantitative estimate of drug-likeness (QED) is 0.344. The lowest BCUT2D eigenvalue weighted by atomic mass is 10.2. The normalized spacial score (nSPS) is 11.2. The SMILES string of the molecule is O=[N+]([O-])c1c(NCc2ccc(Cl)cc2)ncnc1Nc1ccc(Cl)c(C(F)(F)F)c1. The highest BCUT2D eigenvalue weighted by Gasteiger charge is 2.33. The van der Waals surface area contributed by atoms with Gasteiger partial charge in [0, 0.05) is 17.3 Å². The topological polar surface area (TPSA) is 93.0 Å². The van der Waals surface area contributed by atoms with Crippen molar-refractivity contribution in [2.75, 3.05) is 10.6 Å². The average molecular weight is 458 g/mol. The van der Waals surface area contributed by atoms with Crippen LogP contribution in [0.25, 0.3) is 0 Å². The van der Waals surface area contributed by atoms with E-state index in [1.807, 2.05) is 0 Å². The summed E-state index contributed by atoms with van der Waals surface area (Å²) in [4.78, 5) is 18.5. The zero-order valence-corrected chi connectivity index (χ0v) is 16.4. The second-order valence-electron chi connectivity index (χ2n) is 5.97. The number of nitrogens with zero attached hydrogens (tertiary/aromatic N) is 3. The molecule has 0 bridgehead atoms. The first-order valence-electron chi connectivity index (χ1n) is 8.26. The summed E-state index contributed by atoms with van der Waals surface area (Å²) in [5.41, 5.74) is -0.881. The van der Waals surface area contributed by atoms with E-state index in [1.54, 1.807) is 24.3 Å². The van der Waals surface area contributed by atoms with E-state index in [-0.39, 0.29) is 23.9 Å². The van der Waals surface area contributed by atoms with Crippen molar-refractivity contribution in [3.63, 3.8) is 0 Å². The Bertz CT molecular complexity index is 1080. The highest BCUT2D eigenvalue weighted by atomic mass is 35.5. The first-order chi connectivity index (χ1) is 14.1. The Hall–Kier alpha value is -3.11. The average Bonchev–Trinajstić information content (AvgIpc) is 2.68. The predicted molar refractivity (Wildman–Crippen MR) is 107 cm³/mol. The highest BCUT2D eigenvalue weighted by Crippen LogP contribution is 2.38.